The summed E-state index contributed by atoms with van der Waals surface area (Å²) in [6, 6.07) is 7.85. The van der Waals surface area contributed by atoms with E-state index in [4.69, 9.17) is 5.73 Å². The van der Waals surface area contributed by atoms with Crippen LogP contribution in [0.4, 0.5) is 10.3 Å². The summed E-state index contributed by atoms with van der Waals surface area (Å²) in [5.41, 5.74) is 9.67. The van der Waals surface area contributed by atoms with Gasteiger partial charge in [0.05, 0.1) is 5.69 Å². The van der Waals surface area contributed by atoms with Crippen molar-refractivity contribution in [3.63, 3.8) is 0 Å². The summed E-state index contributed by atoms with van der Waals surface area (Å²) >= 11 is 0. The Labute approximate surface area is 149 Å². The van der Waals surface area contributed by atoms with Crippen LogP contribution in [0.25, 0.3) is 11.1 Å². The van der Waals surface area contributed by atoms with Gasteiger partial charge in [0.15, 0.2) is 0 Å². The summed E-state index contributed by atoms with van der Waals surface area (Å²) in [7, 11) is 0. The highest BCUT2D eigenvalue weighted by Crippen LogP contribution is 2.42. The summed E-state index contributed by atoms with van der Waals surface area (Å²) < 4.78 is 13.9. The Morgan fingerprint density at radius 3 is 2.85 bits per heavy atom. The lowest BCUT2D eigenvalue weighted by atomic mass is 9.78. The Kier molecular flexibility index (Phi) is 4.12. The molecule has 2 atom stereocenters. The largest absolute Gasteiger partial charge is 0.368 e. The van der Waals surface area contributed by atoms with Crippen LogP contribution in [0.3, 0.4) is 0 Å². The van der Waals surface area contributed by atoms with Crippen molar-refractivity contribution in [2.45, 2.75) is 24.8 Å². The highest BCUT2D eigenvalue weighted by atomic mass is 19.1. The van der Waals surface area contributed by atoms with Crippen molar-refractivity contribution in [2.75, 3.05) is 5.73 Å². The predicted molar refractivity (Wildman–Crippen MR) is 95.7 cm³/mol. The van der Waals surface area contributed by atoms with E-state index >= 15 is 0 Å². The second-order valence-corrected chi connectivity index (χ2v) is 6.36. The fourth-order valence-corrected chi connectivity index (χ4v) is 3.59. The maximum Gasteiger partial charge on any atom is 0.220 e. The van der Waals surface area contributed by atoms with E-state index in [1.54, 1.807) is 24.7 Å². The minimum atomic E-state index is -0.545. The van der Waals surface area contributed by atoms with Crippen LogP contribution in [-0.2, 0) is 6.42 Å². The molecule has 2 heterocycles. The fourth-order valence-electron chi connectivity index (χ4n) is 3.59. The molecule has 0 bridgehead atoms. The van der Waals surface area contributed by atoms with Crippen LogP contribution in [0.2, 0.25) is 0 Å². The van der Waals surface area contributed by atoms with Crippen molar-refractivity contribution in [3.8, 4) is 11.1 Å². The third kappa shape index (κ3) is 2.92. The van der Waals surface area contributed by atoms with Crippen LogP contribution in [0.1, 0.15) is 35.2 Å². The Bertz CT molecular complexity index is 963. The minimum Gasteiger partial charge on any atom is -0.368 e. The Hall–Kier alpha value is -3.22. The van der Waals surface area contributed by atoms with E-state index in [0.29, 0.717) is 12.8 Å². The Morgan fingerprint density at radius 1 is 1.19 bits per heavy atom. The van der Waals surface area contributed by atoms with Crippen molar-refractivity contribution in [1.29, 1.82) is 0 Å². The number of nitrogens with zero attached hydrogens (tertiary/aromatic N) is 4. The first-order valence-corrected chi connectivity index (χ1v) is 8.29. The van der Waals surface area contributed by atoms with Crippen LogP contribution in [-0.4, -0.2) is 15.0 Å². The number of halogens is 1. The molecule has 1 aliphatic carbocycles. The van der Waals surface area contributed by atoms with E-state index in [2.05, 4.69) is 20.1 Å². The lowest BCUT2D eigenvalue weighted by Gasteiger charge is -2.28. The molecule has 1 aliphatic rings. The molecule has 0 radical (unpaired) electrons. The molecule has 3 aromatic rings. The zero-order valence-corrected chi connectivity index (χ0v) is 13.8. The molecule has 1 aromatic carbocycles. The van der Waals surface area contributed by atoms with Crippen molar-refractivity contribution in [2.24, 2.45) is 5.18 Å². The van der Waals surface area contributed by atoms with Gasteiger partial charge in [0, 0.05) is 29.7 Å². The molecule has 6 nitrogen and oxygen atoms in total. The quantitative estimate of drug-likeness (QED) is 0.726. The molecule has 0 spiro atoms. The fraction of sp³-hybridized carbons (Fsp3) is 0.211. The summed E-state index contributed by atoms with van der Waals surface area (Å²) in [4.78, 5) is 23.8. The van der Waals surface area contributed by atoms with E-state index in [1.165, 1.54) is 12.1 Å². The monoisotopic (exact) mass is 349 g/mol. The number of nitrogen functional groups attached to an aromatic ring is 1. The molecule has 130 valence electrons. The summed E-state index contributed by atoms with van der Waals surface area (Å²) in [6.45, 7) is 0. The van der Waals surface area contributed by atoms with Gasteiger partial charge in [-0.15, -0.1) is 0 Å². The first kappa shape index (κ1) is 16.3. The number of rotatable bonds is 3. The van der Waals surface area contributed by atoms with Crippen molar-refractivity contribution >= 4 is 5.95 Å². The number of hydrogen-bond donors (Lipinski definition) is 1. The van der Waals surface area contributed by atoms with Crippen molar-refractivity contribution in [1.82, 2.24) is 15.0 Å². The normalized spacial score (nSPS) is 19.0. The summed E-state index contributed by atoms with van der Waals surface area (Å²) in [5, 5.41) is 3.26. The van der Waals surface area contributed by atoms with Gasteiger partial charge in [-0.05, 0) is 48.1 Å². The lowest BCUT2D eigenvalue weighted by Crippen LogP contribution is -2.19. The third-order valence-electron chi connectivity index (χ3n) is 4.78. The molecule has 2 aromatic heterocycles. The van der Waals surface area contributed by atoms with Gasteiger partial charge in [-0.1, -0.05) is 17.3 Å². The lowest BCUT2D eigenvalue weighted by molar-refractivity contribution is 0.492. The van der Waals surface area contributed by atoms with Gasteiger partial charge in [0.1, 0.15) is 11.9 Å². The number of hydrogen-bond acceptors (Lipinski definition) is 6. The molecular weight excluding hydrogens is 333 g/mol. The Balaban J connectivity index is 1.80. The van der Waals surface area contributed by atoms with Gasteiger partial charge in [0.2, 0.25) is 5.95 Å². The van der Waals surface area contributed by atoms with Crippen LogP contribution in [0.5, 0.6) is 0 Å². The van der Waals surface area contributed by atoms with E-state index in [-0.39, 0.29) is 17.7 Å². The molecule has 0 saturated carbocycles. The maximum absolute atomic E-state index is 13.9. The molecule has 2 N–H and O–H groups in total. The predicted octanol–water partition coefficient (Wildman–Crippen LogP) is 3.80. The standard InChI is InChI=1S/C19H16FN5O/c20-13-3-4-14(15(8-13)11-2-1-5-22-9-11)12-6-17-16(18(7-12)25-26)10-23-19(21)24-17/h1-5,8-10,12,18H,6-7H2,(H2,21,23,24). The highest BCUT2D eigenvalue weighted by molar-refractivity contribution is 5.67. The smallest absolute Gasteiger partial charge is 0.220 e. The molecule has 0 fully saturated rings. The zero-order chi connectivity index (χ0) is 18.1. The van der Waals surface area contributed by atoms with E-state index in [9.17, 15) is 9.30 Å². The minimum absolute atomic E-state index is 0.0321. The zero-order valence-electron chi connectivity index (χ0n) is 13.8. The number of benzene rings is 1. The molecular formula is C19H16FN5O. The van der Waals surface area contributed by atoms with Gasteiger partial charge in [0.25, 0.3) is 0 Å². The van der Waals surface area contributed by atoms with Gasteiger partial charge in [-0.2, -0.15) is 4.91 Å². The second kappa shape index (κ2) is 6.59. The second-order valence-electron chi connectivity index (χ2n) is 6.36. The van der Waals surface area contributed by atoms with Gasteiger partial charge in [-0.25, -0.2) is 14.4 Å². The molecule has 26 heavy (non-hydrogen) atoms. The van der Waals surface area contributed by atoms with Crippen LogP contribution < -0.4 is 5.73 Å². The van der Waals surface area contributed by atoms with Gasteiger partial charge >= 0.3 is 0 Å². The Morgan fingerprint density at radius 2 is 2.08 bits per heavy atom. The molecule has 0 saturated heterocycles. The topological polar surface area (TPSA) is 94.1 Å². The van der Waals surface area contributed by atoms with Crippen molar-refractivity contribution < 1.29 is 4.39 Å². The summed E-state index contributed by atoms with van der Waals surface area (Å²) in [6.07, 6.45) is 6.05. The average Bonchev–Trinajstić information content (AvgIpc) is 2.67. The van der Waals surface area contributed by atoms with Crippen molar-refractivity contribution in [3.05, 3.63) is 76.5 Å². The average molecular weight is 349 g/mol. The number of aromatic nitrogens is 3. The van der Waals surface area contributed by atoms with E-state index < -0.39 is 6.04 Å². The van der Waals surface area contributed by atoms with Gasteiger partial charge < -0.3 is 5.73 Å². The van der Waals surface area contributed by atoms with Crippen LogP contribution in [0, 0.1) is 10.7 Å². The SMILES string of the molecule is Nc1ncc2c(n1)CC(c1ccc(F)cc1-c1cccnc1)CC2N=O. The number of nitroso groups, excluding NO2 is 1. The number of anilines is 1. The molecule has 0 amide bonds. The molecule has 2 unspecified atom stereocenters. The molecule has 4 rings (SSSR count). The number of fused-ring (bicyclic) bond motifs is 1. The van der Waals surface area contributed by atoms with E-state index in [1.807, 2.05) is 12.1 Å². The number of nitrogens with two attached hydrogens (primary N) is 1. The van der Waals surface area contributed by atoms with Crippen LogP contribution >= 0.6 is 0 Å². The first-order chi connectivity index (χ1) is 12.7. The summed E-state index contributed by atoms with van der Waals surface area (Å²) in [5.74, 6) is -0.184. The molecule has 7 heteroatoms. The van der Waals surface area contributed by atoms with E-state index in [0.717, 1.165) is 27.9 Å². The maximum atomic E-state index is 13.9. The van der Waals surface area contributed by atoms with Gasteiger partial charge in [-0.3, -0.25) is 4.98 Å². The third-order valence-corrected chi connectivity index (χ3v) is 4.78. The highest BCUT2D eigenvalue weighted by Gasteiger charge is 2.31. The number of pyridine rings is 1. The van der Waals surface area contributed by atoms with Crippen LogP contribution in [0.15, 0.2) is 54.1 Å². The first-order valence-electron chi connectivity index (χ1n) is 8.29. The molecule has 0 aliphatic heterocycles.